The van der Waals surface area contributed by atoms with Crippen molar-refractivity contribution in [3.05, 3.63) is 59.5 Å². The van der Waals surface area contributed by atoms with E-state index in [1.807, 2.05) is 54.4 Å². The third kappa shape index (κ3) is 4.58. The molecule has 2 aromatic heterocycles. The summed E-state index contributed by atoms with van der Waals surface area (Å²) in [5, 5.41) is 0. The van der Waals surface area contributed by atoms with E-state index in [1.165, 1.54) is 12.8 Å². The Kier molecular flexibility index (Phi) is 6.80. The lowest BCUT2D eigenvalue weighted by Gasteiger charge is -2.22. The molecule has 148 valence electrons. The maximum absolute atomic E-state index is 13.2. The number of nitrogens with zero attached hydrogens (tertiary/aromatic N) is 4. The number of rotatable bonds is 9. The van der Waals surface area contributed by atoms with Crippen LogP contribution in [0.2, 0.25) is 0 Å². The fraction of sp³-hybridized carbons (Fsp3) is 0.435. The van der Waals surface area contributed by atoms with E-state index in [0.717, 1.165) is 47.5 Å². The normalized spacial score (nSPS) is 11.1. The van der Waals surface area contributed by atoms with E-state index >= 15 is 0 Å². The Hall–Kier alpha value is -2.69. The average molecular weight is 379 g/mol. The lowest BCUT2D eigenvalue weighted by molar-refractivity contribution is 0.0737. The van der Waals surface area contributed by atoms with Gasteiger partial charge in [-0.1, -0.05) is 44.4 Å². The number of carbonyl (C=O) groups excluding carboxylic acids is 1. The summed E-state index contributed by atoms with van der Waals surface area (Å²) in [4.78, 5) is 24.4. The van der Waals surface area contributed by atoms with Gasteiger partial charge in [0.1, 0.15) is 11.3 Å². The highest BCUT2D eigenvalue weighted by Crippen LogP contribution is 2.18. The molecule has 0 saturated carbocycles. The number of hydrogen-bond acceptors (Lipinski definition) is 3. The van der Waals surface area contributed by atoms with E-state index < -0.39 is 0 Å². The molecule has 3 aromatic rings. The lowest BCUT2D eigenvalue weighted by Crippen LogP contribution is -2.32. The van der Waals surface area contributed by atoms with Gasteiger partial charge in [0.15, 0.2) is 5.65 Å². The van der Waals surface area contributed by atoms with Crippen LogP contribution in [0.15, 0.2) is 42.6 Å². The summed E-state index contributed by atoms with van der Waals surface area (Å²) in [5.74, 6) is 0.977. The minimum absolute atomic E-state index is 0.0608. The first kappa shape index (κ1) is 20.1. The number of unbranched alkanes of at least 4 members (excludes halogenated alkanes) is 2. The molecule has 0 unspecified atom stereocenters. The molecule has 0 spiro atoms. The predicted molar refractivity (Wildman–Crippen MR) is 113 cm³/mol. The summed E-state index contributed by atoms with van der Waals surface area (Å²) < 4.78 is 2.19. The van der Waals surface area contributed by atoms with Gasteiger partial charge in [-0.05, 0) is 44.0 Å². The first-order chi connectivity index (χ1) is 13.6. The second-order valence-corrected chi connectivity index (χ2v) is 7.33. The van der Waals surface area contributed by atoms with Gasteiger partial charge < -0.3 is 9.47 Å². The topological polar surface area (TPSA) is 51.0 Å². The molecule has 3 rings (SSSR count). The number of carbonyl (C=O) groups is 1. The maximum Gasteiger partial charge on any atom is 0.254 e. The number of benzene rings is 1. The number of hydrogen-bond donors (Lipinski definition) is 0. The van der Waals surface area contributed by atoms with Gasteiger partial charge in [-0.15, -0.1) is 0 Å². The summed E-state index contributed by atoms with van der Waals surface area (Å²) >= 11 is 0. The average Bonchev–Trinajstić information content (AvgIpc) is 3.04. The Morgan fingerprint density at radius 2 is 1.96 bits per heavy atom. The standard InChI is InChI=1S/C23H30N4O/c1-4-6-7-15-27-21(25-20-12-9-13-24-22(20)27)17-26(14-5-2)23(28)19-11-8-10-18(3)16-19/h8-13,16H,4-7,14-15,17H2,1-3H3. The van der Waals surface area contributed by atoms with E-state index in [1.54, 1.807) is 0 Å². The van der Waals surface area contributed by atoms with Crippen molar-refractivity contribution in [2.24, 2.45) is 0 Å². The van der Waals surface area contributed by atoms with Gasteiger partial charge in [-0.2, -0.15) is 0 Å². The molecule has 0 aliphatic carbocycles. The first-order valence-corrected chi connectivity index (χ1v) is 10.3. The highest BCUT2D eigenvalue weighted by molar-refractivity contribution is 5.94. The fourth-order valence-electron chi connectivity index (χ4n) is 3.53. The molecule has 0 fully saturated rings. The number of amides is 1. The maximum atomic E-state index is 13.2. The first-order valence-electron chi connectivity index (χ1n) is 10.3. The quantitative estimate of drug-likeness (QED) is 0.493. The van der Waals surface area contributed by atoms with Crippen molar-refractivity contribution in [3.8, 4) is 0 Å². The van der Waals surface area contributed by atoms with Crippen LogP contribution in [0.1, 0.15) is 61.3 Å². The van der Waals surface area contributed by atoms with Gasteiger partial charge in [0.05, 0.1) is 6.54 Å². The fourth-order valence-corrected chi connectivity index (χ4v) is 3.53. The Morgan fingerprint density at radius 3 is 2.71 bits per heavy atom. The second kappa shape index (κ2) is 9.49. The van der Waals surface area contributed by atoms with Gasteiger partial charge in [0.2, 0.25) is 0 Å². The van der Waals surface area contributed by atoms with Crippen molar-refractivity contribution in [1.82, 2.24) is 19.4 Å². The number of aromatic nitrogens is 3. The van der Waals surface area contributed by atoms with Crippen LogP contribution in [-0.2, 0) is 13.1 Å². The highest BCUT2D eigenvalue weighted by Gasteiger charge is 2.20. The zero-order valence-electron chi connectivity index (χ0n) is 17.2. The molecular weight excluding hydrogens is 348 g/mol. The third-order valence-corrected chi connectivity index (χ3v) is 4.95. The number of fused-ring (bicyclic) bond motifs is 1. The number of aryl methyl sites for hydroxylation is 2. The molecule has 0 radical (unpaired) electrons. The van der Waals surface area contributed by atoms with Crippen LogP contribution in [0.5, 0.6) is 0 Å². The van der Waals surface area contributed by atoms with Crippen molar-refractivity contribution >= 4 is 17.1 Å². The highest BCUT2D eigenvalue weighted by atomic mass is 16.2. The van der Waals surface area contributed by atoms with E-state index in [-0.39, 0.29) is 5.91 Å². The molecule has 1 aromatic carbocycles. The van der Waals surface area contributed by atoms with Crippen LogP contribution in [0.25, 0.3) is 11.2 Å². The molecule has 0 saturated heterocycles. The molecule has 5 heteroatoms. The van der Waals surface area contributed by atoms with Gasteiger partial charge >= 0.3 is 0 Å². The third-order valence-electron chi connectivity index (χ3n) is 4.95. The van der Waals surface area contributed by atoms with Crippen LogP contribution in [0.4, 0.5) is 0 Å². The van der Waals surface area contributed by atoms with E-state index in [4.69, 9.17) is 4.98 Å². The number of pyridine rings is 1. The summed E-state index contributed by atoms with van der Waals surface area (Å²) in [6.45, 7) is 8.41. The van der Waals surface area contributed by atoms with Crippen molar-refractivity contribution in [2.75, 3.05) is 6.54 Å². The molecular formula is C23H30N4O. The van der Waals surface area contributed by atoms with E-state index in [9.17, 15) is 4.79 Å². The Morgan fingerprint density at radius 1 is 1.11 bits per heavy atom. The molecule has 0 N–H and O–H groups in total. The largest absolute Gasteiger partial charge is 0.331 e. The molecule has 1 amide bonds. The van der Waals surface area contributed by atoms with Crippen LogP contribution < -0.4 is 0 Å². The van der Waals surface area contributed by atoms with Crippen molar-refractivity contribution < 1.29 is 4.79 Å². The minimum Gasteiger partial charge on any atom is -0.331 e. The lowest BCUT2D eigenvalue weighted by atomic mass is 10.1. The van der Waals surface area contributed by atoms with Crippen LogP contribution in [0.3, 0.4) is 0 Å². The predicted octanol–water partition coefficient (Wildman–Crippen LogP) is 4.98. The van der Waals surface area contributed by atoms with Crippen LogP contribution in [-0.4, -0.2) is 31.9 Å². The Balaban J connectivity index is 1.91. The van der Waals surface area contributed by atoms with E-state index in [2.05, 4.69) is 23.4 Å². The second-order valence-electron chi connectivity index (χ2n) is 7.33. The van der Waals surface area contributed by atoms with Crippen molar-refractivity contribution in [1.29, 1.82) is 0 Å². The summed E-state index contributed by atoms with van der Waals surface area (Å²) in [5.41, 5.74) is 3.64. The Labute approximate surface area is 167 Å². The summed E-state index contributed by atoms with van der Waals surface area (Å²) in [6, 6.07) is 11.7. The summed E-state index contributed by atoms with van der Waals surface area (Å²) in [6.07, 6.45) is 6.15. The van der Waals surface area contributed by atoms with Gasteiger partial charge in [-0.25, -0.2) is 9.97 Å². The molecule has 0 aliphatic rings. The van der Waals surface area contributed by atoms with Crippen molar-refractivity contribution in [2.45, 2.75) is 59.5 Å². The molecule has 0 bridgehead atoms. The molecule has 28 heavy (non-hydrogen) atoms. The molecule has 5 nitrogen and oxygen atoms in total. The van der Waals surface area contributed by atoms with Gasteiger partial charge in [-0.3, -0.25) is 4.79 Å². The zero-order chi connectivity index (χ0) is 19.9. The van der Waals surface area contributed by atoms with E-state index in [0.29, 0.717) is 13.1 Å². The van der Waals surface area contributed by atoms with Crippen LogP contribution >= 0.6 is 0 Å². The molecule has 2 heterocycles. The van der Waals surface area contributed by atoms with Gasteiger partial charge in [0, 0.05) is 24.8 Å². The SMILES string of the molecule is CCCCCn1c(CN(CCC)C(=O)c2cccc(C)c2)nc2cccnc21. The van der Waals surface area contributed by atoms with Gasteiger partial charge in [0.25, 0.3) is 5.91 Å². The zero-order valence-corrected chi connectivity index (χ0v) is 17.2. The summed E-state index contributed by atoms with van der Waals surface area (Å²) in [7, 11) is 0. The van der Waals surface area contributed by atoms with Crippen LogP contribution in [0, 0.1) is 6.92 Å². The van der Waals surface area contributed by atoms with Crippen molar-refractivity contribution in [3.63, 3.8) is 0 Å². The number of imidazole rings is 1. The Bertz CT molecular complexity index is 931. The molecule has 0 atom stereocenters. The minimum atomic E-state index is 0.0608. The monoisotopic (exact) mass is 378 g/mol. The smallest absolute Gasteiger partial charge is 0.254 e. The molecule has 0 aliphatic heterocycles.